The highest BCUT2D eigenvalue weighted by Gasteiger charge is 2.39. The van der Waals surface area contributed by atoms with E-state index in [1.165, 1.54) is 0 Å². The third-order valence-corrected chi connectivity index (χ3v) is 6.37. The molecule has 0 saturated carbocycles. The molecule has 4 heterocycles. The summed E-state index contributed by atoms with van der Waals surface area (Å²) in [6.45, 7) is 0. The fourth-order valence-electron chi connectivity index (χ4n) is 3.45. The van der Waals surface area contributed by atoms with Gasteiger partial charge in [-0.2, -0.15) is 15.0 Å². The second-order valence-corrected chi connectivity index (χ2v) is 8.85. The Morgan fingerprint density at radius 2 is 1.97 bits per heavy atom. The van der Waals surface area contributed by atoms with Crippen LogP contribution >= 0.6 is 27.3 Å². The lowest BCUT2D eigenvalue weighted by Crippen LogP contribution is -2.21. The van der Waals surface area contributed by atoms with Crippen LogP contribution in [0.5, 0.6) is 5.88 Å². The lowest BCUT2D eigenvalue weighted by molar-refractivity contribution is 0.367. The zero-order valence-electron chi connectivity index (χ0n) is 14.9. The normalized spacial score (nSPS) is 15.7. The number of nitriles is 1. The number of para-hydroxylation sites is 1. The number of ether oxygens (including phenoxy) is 1. The van der Waals surface area contributed by atoms with E-state index in [1.807, 2.05) is 48.5 Å². The number of halogens is 1. The van der Waals surface area contributed by atoms with Gasteiger partial charge in [0.2, 0.25) is 11.8 Å². The van der Waals surface area contributed by atoms with Gasteiger partial charge in [0.1, 0.15) is 17.3 Å². The van der Waals surface area contributed by atoms with E-state index in [0.29, 0.717) is 22.9 Å². The average molecular weight is 465 g/mol. The number of hydrogen-bond donors (Lipinski definition) is 1. The van der Waals surface area contributed by atoms with E-state index < -0.39 is 5.92 Å². The third-order valence-electron chi connectivity index (χ3n) is 4.68. The molecule has 2 N–H and O–H groups in total. The van der Waals surface area contributed by atoms with Crippen LogP contribution in [0.2, 0.25) is 0 Å². The van der Waals surface area contributed by atoms with E-state index in [1.54, 1.807) is 28.3 Å². The SMILES string of the molecule is N#CC1=C(N)Oc2c(c(-c3ccco3)nn2-c2ccccc2)C1c1ccc(Br)s1. The zero-order chi connectivity index (χ0) is 20.0. The molecule has 5 rings (SSSR count). The molecule has 4 aromatic rings. The smallest absolute Gasteiger partial charge is 0.229 e. The summed E-state index contributed by atoms with van der Waals surface area (Å²) < 4.78 is 14.3. The second kappa shape index (κ2) is 6.95. The van der Waals surface area contributed by atoms with Gasteiger partial charge < -0.3 is 14.9 Å². The highest BCUT2D eigenvalue weighted by Crippen LogP contribution is 2.49. The zero-order valence-corrected chi connectivity index (χ0v) is 17.3. The van der Waals surface area contributed by atoms with Crippen LogP contribution in [-0.2, 0) is 0 Å². The molecule has 0 amide bonds. The van der Waals surface area contributed by atoms with E-state index >= 15 is 0 Å². The van der Waals surface area contributed by atoms with Crippen molar-refractivity contribution < 1.29 is 9.15 Å². The van der Waals surface area contributed by atoms with Crippen LogP contribution in [0.3, 0.4) is 0 Å². The Labute approximate surface area is 178 Å². The minimum atomic E-state index is -0.405. The standard InChI is InChI=1S/C21H13BrN4O2S/c22-16-9-8-15(29-16)17-13(11-23)20(24)28-21-18(17)19(14-7-4-10-27-14)25-26(21)12-5-2-1-3-6-12/h1-10,17H,24H2. The van der Waals surface area contributed by atoms with Gasteiger partial charge in [0.25, 0.3) is 0 Å². The summed E-state index contributed by atoms with van der Waals surface area (Å²) >= 11 is 5.06. The van der Waals surface area contributed by atoms with E-state index in [-0.39, 0.29) is 5.88 Å². The van der Waals surface area contributed by atoms with Crippen molar-refractivity contribution in [1.82, 2.24) is 9.78 Å². The van der Waals surface area contributed by atoms with Gasteiger partial charge in [0, 0.05) is 4.88 Å². The summed E-state index contributed by atoms with van der Waals surface area (Å²) in [5.41, 5.74) is 8.72. The Morgan fingerprint density at radius 1 is 1.14 bits per heavy atom. The maximum absolute atomic E-state index is 9.85. The molecule has 0 fully saturated rings. The summed E-state index contributed by atoms with van der Waals surface area (Å²) in [6.07, 6.45) is 1.60. The lowest BCUT2D eigenvalue weighted by Gasteiger charge is -2.23. The van der Waals surface area contributed by atoms with Crippen molar-refractivity contribution >= 4 is 27.3 Å². The van der Waals surface area contributed by atoms with Crippen LogP contribution in [-0.4, -0.2) is 9.78 Å². The number of aromatic nitrogens is 2. The Balaban J connectivity index is 1.83. The summed E-state index contributed by atoms with van der Waals surface area (Å²) in [5.74, 6) is 0.752. The van der Waals surface area contributed by atoms with Gasteiger partial charge in [-0.25, -0.2) is 0 Å². The van der Waals surface area contributed by atoms with Gasteiger partial charge >= 0.3 is 0 Å². The number of nitrogens with zero attached hydrogens (tertiary/aromatic N) is 3. The average Bonchev–Trinajstić information content (AvgIpc) is 3.47. The van der Waals surface area contributed by atoms with Crippen molar-refractivity contribution in [1.29, 1.82) is 5.26 Å². The molecule has 29 heavy (non-hydrogen) atoms. The molecule has 0 radical (unpaired) electrons. The fraction of sp³-hybridized carbons (Fsp3) is 0.0476. The Hall–Kier alpha value is -3.28. The van der Waals surface area contributed by atoms with E-state index in [2.05, 4.69) is 22.0 Å². The van der Waals surface area contributed by atoms with Crippen LogP contribution < -0.4 is 10.5 Å². The molecule has 1 aliphatic rings. The monoisotopic (exact) mass is 464 g/mol. The van der Waals surface area contributed by atoms with E-state index in [4.69, 9.17) is 20.0 Å². The van der Waals surface area contributed by atoms with E-state index in [9.17, 15) is 5.26 Å². The van der Waals surface area contributed by atoms with Crippen molar-refractivity contribution in [3.63, 3.8) is 0 Å². The number of benzene rings is 1. The van der Waals surface area contributed by atoms with Crippen molar-refractivity contribution in [2.24, 2.45) is 5.73 Å². The van der Waals surface area contributed by atoms with Crippen LogP contribution in [0.15, 0.2) is 80.5 Å². The number of fused-ring (bicyclic) bond motifs is 1. The van der Waals surface area contributed by atoms with Gasteiger partial charge in [0.15, 0.2) is 5.76 Å². The molecule has 0 aliphatic carbocycles. The molecule has 0 saturated heterocycles. The van der Waals surface area contributed by atoms with Crippen molar-refractivity contribution in [3.05, 3.63) is 86.5 Å². The fourth-order valence-corrected chi connectivity index (χ4v) is 4.99. The van der Waals surface area contributed by atoms with Gasteiger partial charge in [-0.1, -0.05) is 18.2 Å². The number of furan rings is 1. The largest absolute Gasteiger partial charge is 0.463 e. The number of allylic oxidation sites excluding steroid dienone is 1. The highest BCUT2D eigenvalue weighted by molar-refractivity contribution is 9.11. The van der Waals surface area contributed by atoms with Gasteiger partial charge in [-0.15, -0.1) is 11.3 Å². The van der Waals surface area contributed by atoms with Crippen LogP contribution in [0.25, 0.3) is 17.1 Å². The minimum absolute atomic E-state index is 0.0811. The Morgan fingerprint density at radius 3 is 2.62 bits per heavy atom. The number of hydrogen-bond acceptors (Lipinski definition) is 6. The highest BCUT2D eigenvalue weighted by atomic mass is 79.9. The third kappa shape index (κ3) is 2.87. The molecule has 0 bridgehead atoms. The predicted octanol–water partition coefficient (Wildman–Crippen LogP) is 5.17. The number of rotatable bonds is 3. The lowest BCUT2D eigenvalue weighted by atomic mass is 9.88. The molecule has 1 atom stereocenters. The molecule has 1 aromatic carbocycles. The molecule has 1 unspecified atom stereocenters. The van der Waals surface area contributed by atoms with Crippen molar-refractivity contribution in [3.8, 4) is 29.1 Å². The summed E-state index contributed by atoms with van der Waals surface area (Å²) in [5, 5.41) is 14.6. The molecule has 0 spiro atoms. The van der Waals surface area contributed by atoms with Gasteiger partial charge in [-0.05, 0) is 52.3 Å². The summed E-state index contributed by atoms with van der Waals surface area (Å²) in [7, 11) is 0. The molecule has 8 heteroatoms. The van der Waals surface area contributed by atoms with Crippen molar-refractivity contribution in [2.45, 2.75) is 5.92 Å². The molecular weight excluding hydrogens is 452 g/mol. The molecule has 142 valence electrons. The summed E-state index contributed by atoms with van der Waals surface area (Å²) in [4.78, 5) is 0.960. The predicted molar refractivity (Wildman–Crippen MR) is 113 cm³/mol. The topological polar surface area (TPSA) is 90.0 Å². The number of thiophene rings is 1. The second-order valence-electron chi connectivity index (χ2n) is 6.36. The molecule has 3 aromatic heterocycles. The maximum atomic E-state index is 9.85. The quantitative estimate of drug-likeness (QED) is 0.451. The van der Waals surface area contributed by atoms with Crippen LogP contribution in [0, 0.1) is 11.3 Å². The van der Waals surface area contributed by atoms with Crippen LogP contribution in [0.1, 0.15) is 16.4 Å². The van der Waals surface area contributed by atoms with Gasteiger partial charge in [0.05, 0.1) is 27.2 Å². The first kappa shape index (κ1) is 17.8. The first-order chi connectivity index (χ1) is 14.2. The molecule has 6 nitrogen and oxygen atoms in total. The maximum Gasteiger partial charge on any atom is 0.229 e. The Bertz CT molecular complexity index is 1270. The first-order valence-corrected chi connectivity index (χ1v) is 10.3. The van der Waals surface area contributed by atoms with Gasteiger partial charge in [-0.3, -0.25) is 0 Å². The van der Waals surface area contributed by atoms with Crippen molar-refractivity contribution in [2.75, 3.05) is 0 Å². The summed E-state index contributed by atoms with van der Waals surface area (Å²) in [6, 6.07) is 19.4. The first-order valence-electron chi connectivity index (χ1n) is 8.72. The Kier molecular flexibility index (Phi) is 4.27. The number of nitrogens with two attached hydrogens (primary N) is 1. The van der Waals surface area contributed by atoms with E-state index in [0.717, 1.165) is 19.9 Å². The molecule has 1 aliphatic heterocycles. The minimum Gasteiger partial charge on any atom is -0.463 e. The molecular formula is C21H13BrN4O2S. The van der Waals surface area contributed by atoms with Crippen LogP contribution in [0.4, 0.5) is 0 Å².